The highest BCUT2D eigenvalue weighted by molar-refractivity contribution is 5.72. The maximum absolute atomic E-state index is 6.17. The zero-order chi connectivity index (χ0) is 20.5. The molecule has 5 nitrogen and oxygen atoms in total. The largest absolute Gasteiger partial charge is 0.485 e. The minimum Gasteiger partial charge on any atom is -0.485 e. The minimum absolute atomic E-state index is 0.273. The zero-order valence-corrected chi connectivity index (χ0v) is 17.0. The highest BCUT2D eigenvalue weighted by atomic mass is 16.7. The minimum atomic E-state index is 0.273. The smallest absolute Gasteiger partial charge is 0.231 e. The van der Waals surface area contributed by atoms with Gasteiger partial charge in [0.25, 0.3) is 0 Å². The van der Waals surface area contributed by atoms with Gasteiger partial charge in [-0.3, -0.25) is 0 Å². The quantitative estimate of drug-likeness (QED) is 0.453. The van der Waals surface area contributed by atoms with Crippen LogP contribution in [0.4, 0.5) is 0 Å². The number of fused-ring (bicyclic) bond motifs is 1. The van der Waals surface area contributed by atoms with Gasteiger partial charge in [0, 0.05) is 18.8 Å². The highest BCUT2D eigenvalue weighted by Crippen LogP contribution is 2.38. The Morgan fingerprint density at radius 3 is 2.63 bits per heavy atom. The summed E-state index contributed by atoms with van der Waals surface area (Å²) in [4.78, 5) is 4.75. The van der Waals surface area contributed by atoms with Gasteiger partial charge in [0.1, 0.15) is 18.2 Å². The van der Waals surface area contributed by atoms with E-state index in [1.165, 1.54) is 0 Å². The van der Waals surface area contributed by atoms with Crippen molar-refractivity contribution in [2.75, 3.05) is 6.79 Å². The Morgan fingerprint density at radius 1 is 0.933 bits per heavy atom. The van der Waals surface area contributed by atoms with Crippen LogP contribution in [0, 0.1) is 6.92 Å². The third-order valence-corrected chi connectivity index (χ3v) is 5.37. The standard InChI is InChI=1S/C25H22N2O3/c1-17-20(19-11-12-23-24(13-19)30-16-29-23)9-6-10-22(17)28-15-25-26-21(14-27(25)2)18-7-4-3-5-8-18/h3-14H,15-16H2,1-2H3. The number of aromatic nitrogens is 2. The van der Waals surface area contributed by atoms with Crippen LogP contribution in [-0.4, -0.2) is 16.3 Å². The fourth-order valence-corrected chi connectivity index (χ4v) is 3.68. The molecule has 5 rings (SSSR count). The molecule has 1 aliphatic heterocycles. The Labute approximate surface area is 175 Å². The van der Waals surface area contributed by atoms with Crippen LogP contribution in [0.25, 0.3) is 22.4 Å². The molecule has 0 saturated carbocycles. The van der Waals surface area contributed by atoms with Crippen molar-refractivity contribution in [1.82, 2.24) is 9.55 Å². The van der Waals surface area contributed by atoms with Gasteiger partial charge < -0.3 is 18.8 Å². The number of aryl methyl sites for hydroxylation is 1. The molecule has 3 aromatic carbocycles. The molecule has 4 aromatic rings. The summed E-state index contributed by atoms with van der Waals surface area (Å²) in [7, 11) is 1.99. The Morgan fingerprint density at radius 2 is 1.77 bits per heavy atom. The molecule has 0 spiro atoms. The van der Waals surface area contributed by atoms with Gasteiger partial charge in [-0.15, -0.1) is 0 Å². The second kappa shape index (κ2) is 7.59. The van der Waals surface area contributed by atoms with E-state index in [1.54, 1.807) is 0 Å². The SMILES string of the molecule is Cc1c(OCc2nc(-c3ccccc3)cn2C)cccc1-c1ccc2c(c1)OCO2. The normalized spacial score (nSPS) is 12.2. The third kappa shape index (κ3) is 3.39. The first-order chi connectivity index (χ1) is 14.7. The van der Waals surface area contributed by atoms with E-state index in [2.05, 4.69) is 25.1 Å². The van der Waals surface area contributed by atoms with Crippen molar-refractivity contribution < 1.29 is 14.2 Å². The molecule has 0 radical (unpaired) electrons. The van der Waals surface area contributed by atoms with Crippen LogP contribution < -0.4 is 14.2 Å². The second-order valence-corrected chi connectivity index (χ2v) is 7.30. The molecule has 0 bridgehead atoms. The molecule has 0 atom stereocenters. The predicted molar refractivity (Wildman–Crippen MR) is 116 cm³/mol. The van der Waals surface area contributed by atoms with Crippen molar-refractivity contribution in [1.29, 1.82) is 0 Å². The lowest BCUT2D eigenvalue weighted by atomic mass is 9.99. The molecule has 2 heterocycles. The summed E-state index contributed by atoms with van der Waals surface area (Å²) < 4.78 is 19.1. The molecule has 1 aliphatic rings. The molecule has 0 saturated heterocycles. The van der Waals surface area contributed by atoms with Crippen LogP contribution in [0.5, 0.6) is 17.2 Å². The van der Waals surface area contributed by atoms with Gasteiger partial charge in [-0.05, 0) is 41.8 Å². The maximum Gasteiger partial charge on any atom is 0.231 e. The van der Waals surface area contributed by atoms with Crippen LogP contribution in [0.2, 0.25) is 0 Å². The number of hydrogen-bond donors (Lipinski definition) is 0. The molecule has 0 aliphatic carbocycles. The van der Waals surface area contributed by atoms with Crippen LogP contribution in [0.15, 0.2) is 72.9 Å². The van der Waals surface area contributed by atoms with E-state index in [4.69, 9.17) is 19.2 Å². The highest BCUT2D eigenvalue weighted by Gasteiger charge is 2.16. The van der Waals surface area contributed by atoms with Gasteiger partial charge in [-0.2, -0.15) is 0 Å². The van der Waals surface area contributed by atoms with E-state index >= 15 is 0 Å². The van der Waals surface area contributed by atoms with Crippen LogP contribution in [0.3, 0.4) is 0 Å². The van der Waals surface area contributed by atoms with Crippen LogP contribution >= 0.6 is 0 Å². The lowest BCUT2D eigenvalue weighted by Gasteiger charge is -2.13. The molecule has 1 aromatic heterocycles. The van der Waals surface area contributed by atoms with Crippen molar-refractivity contribution in [2.45, 2.75) is 13.5 Å². The Hall–Kier alpha value is -3.73. The van der Waals surface area contributed by atoms with Crippen LogP contribution in [0.1, 0.15) is 11.4 Å². The van der Waals surface area contributed by atoms with Gasteiger partial charge in [-0.1, -0.05) is 48.5 Å². The van der Waals surface area contributed by atoms with Gasteiger partial charge in [0.05, 0.1) is 5.69 Å². The average molecular weight is 398 g/mol. The lowest BCUT2D eigenvalue weighted by molar-refractivity contribution is 0.174. The fraction of sp³-hybridized carbons (Fsp3) is 0.160. The summed E-state index contributed by atoms with van der Waals surface area (Å²) in [5.41, 5.74) is 5.30. The zero-order valence-electron chi connectivity index (χ0n) is 17.0. The van der Waals surface area contributed by atoms with Crippen molar-refractivity contribution in [3.63, 3.8) is 0 Å². The number of benzene rings is 3. The van der Waals surface area contributed by atoms with Crippen molar-refractivity contribution >= 4 is 0 Å². The van der Waals surface area contributed by atoms with E-state index in [0.717, 1.165) is 51.0 Å². The van der Waals surface area contributed by atoms with Crippen molar-refractivity contribution in [3.8, 4) is 39.6 Å². The Balaban J connectivity index is 1.38. The lowest BCUT2D eigenvalue weighted by Crippen LogP contribution is -2.04. The summed E-state index contributed by atoms with van der Waals surface area (Å²) in [6.07, 6.45) is 2.03. The first kappa shape index (κ1) is 18.3. The first-order valence-corrected chi connectivity index (χ1v) is 9.89. The summed E-state index contributed by atoms with van der Waals surface area (Å²) >= 11 is 0. The molecule has 0 unspecified atom stereocenters. The van der Waals surface area contributed by atoms with E-state index in [-0.39, 0.29) is 6.79 Å². The summed E-state index contributed by atoms with van der Waals surface area (Å²) in [5, 5.41) is 0. The molecule has 0 amide bonds. The van der Waals surface area contributed by atoms with Crippen molar-refractivity contribution in [3.05, 3.63) is 84.3 Å². The molecule has 0 N–H and O–H groups in total. The second-order valence-electron chi connectivity index (χ2n) is 7.30. The van der Waals surface area contributed by atoms with Crippen molar-refractivity contribution in [2.24, 2.45) is 7.05 Å². The monoisotopic (exact) mass is 398 g/mol. The molecular formula is C25H22N2O3. The maximum atomic E-state index is 6.17. The van der Waals surface area contributed by atoms with E-state index in [1.807, 2.05) is 66.3 Å². The molecule has 30 heavy (non-hydrogen) atoms. The Kier molecular flexibility index (Phi) is 4.64. The van der Waals surface area contributed by atoms with Crippen LogP contribution in [-0.2, 0) is 13.7 Å². The van der Waals surface area contributed by atoms with Gasteiger partial charge >= 0.3 is 0 Å². The number of imidazole rings is 1. The van der Waals surface area contributed by atoms with E-state index in [9.17, 15) is 0 Å². The molecule has 0 fully saturated rings. The summed E-state index contributed by atoms with van der Waals surface area (Å²) in [5.74, 6) is 3.28. The molecular weight excluding hydrogens is 376 g/mol. The van der Waals surface area contributed by atoms with Gasteiger partial charge in [-0.25, -0.2) is 4.98 Å². The number of hydrogen-bond acceptors (Lipinski definition) is 4. The van der Waals surface area contributed by atoms with E-state index in [0.29, 0.717) is 6.61 Å². The fourth-order valence-electron chi connectivity index (χ4n) is 3.68. The van der Waals surface area contributed by atoms with Gasteiger partial charge in [0.2, 0.25) is 6.79 Å². The summed E-state index contributed by atoms with van der Waals surface area (Å²) in [6, 6.07) is 22.3. The first-order valence-electron chi connectivity index (χ1n) is 9.89. The average Bonchev–Trinajstić information content (AvgIpc) is 3.39. The summed E-state index contributed by atoms with van der Waals surface area (Å²) in [6.45, 7) is 2.74. The molecule has 150 valence electrons. The Bertz CT molecular complexity index is 1200. The third-order valence-electron chi connectivity index (χ3n) is 5.37. The van der Waals surface area contributed by atoms with Gasteiger partial charge in [0.15, 0.2) is 11.5 Å². The predicted octanol–water partition coefficient (Wildman–Crippen LogP) is 5.37. The number of rotatable bonds is 5. The molecule has 5 heteroatoms. The van der Waals surface area contributed by atoms with E-state index < -0.39 is 0 Å². The number of nitrogens with zero attached hydrogens (tertiary/aromatic N) is 2. The number of ether oxygens (including phenoxy) is 3. The topological polar surface area (TPSA) is 45.5 Å².